The Morgan fingerprint density at radius 1 is 1.07 bits per heavy atom. The SMILES string of the molecule is Cn1ncc2c(=O)n(CC(=O)Nc3ccccc3-c3ccccc3)cnc21. The fourth-order valence-electron chi connectivity index (χ4n) is 2.99. The van der Waals surface area contributed by atoms with E-state index in [4.69, 9.17) is 0 Å². The van der Waals surface area contributed by atoms with E-state index in [-0.39, 0.29) is 18.0 Å². The molecule has 1 amide bonds. The predicted molar refractivity (Wildman–Crippen MR) is 103 cm³/mol. The molecular weight excluding hydrogens is 342 g/mol. The number of aryl methyl sites for hydroxylation is 1. The molecule has 0 saturated heterocycles. The Morgan fingerprint density at radius 2 is 1.81 bits per heavy atom. The minimum atomic E-state index is -0.300. The first-order valence-electron chi connectivity index (χ1n) is 8.45. The number of amides is 1. The molecule has 0 saturated carbocycles. The lowest BCUT2D eigenvalue weighted by Crippen LogP contribution is -2.28. The standard InChI is InChI=1S/C20H17N5O2/c1-24-19-16(11-22-24)20(27)25(13-21-19)12-18(26)23-17-10-6-5-9-15(17)14-7-3-2-4-8-14/h2-11,13H,12H2,1H3,(H,23,26). The number of nitrogens with one attached hydrogen (secondary N) is 1. The topological polar surface area (TPSA) is 81.8 Å². The molecule has 0 aliphatic heterocycles. The summed E-state index contributed by atoms with van der Waals surface area (Å²) in [5.41, 5.74) is 2.81. The predicted octanol–water partition coefficient (Wildman–Crippen LogP) is 2.44. The van der Waals surface area contributed by atoms with Gasteiger partial charge in [0.2, 0.25) is 5.91 Å². The molecule has 7 nitrogen and oxygen atoms in total. The van der Waals surface area contributed by atoms with Gasteiger partial charge in [0, 0.05) is 18.3 Å². The highest BCUT2D eigenvalue weighted by molar-refractivity contribution is 5.95. The minimum absolute atomic E-state index is 0.125. The number of fused-ring (bicyclic) bond motifs is 1. The van der Waals surface area contributed by atoms with E-state index >= 15 is 0 Å². The molecule has 134 valence electrons. The van der Waals surface area contributed by atoms with Crippen molar-refractivity contribution >= 4 is 22.6 Å². The molecule has 2 aromatic heterocycles. The average molecular weight is 359 g/mol. The van der Waals surface area contributed by atoms with Gasteiger partial charge in [0.05, 0.1) is 6.20 Å². The molecule has 2 aromatic carbocycles. The molecule has 7 heteroatoms. The largest absolute Gasteiger partial charge is 0.324 e. The highest BCUT2D eigenvalue weighted by Crippen LogP contribution is 2.27. The Bertz CT molecular complexity index is 1180. The van der Waals surface area contributed by atoms with Gasteiger partial charge >= 0.3 is 0 Å². The highest BCUT2D eigenvalue weighted by atomic mass is 16.2. The third-order valence-electron chi connectivity index (χ3n) is 4.32. The van der Waals surface area contributed by atoms with E-state index < -0.39 is 0 Å². The Morgan fingerprint density at radius 3 is 2.63 bits per heavy atom. The van der Waals surface area contributed by atoms with Crippen molar-refractivity contribution in [3.63, 3.8) is 0 Å². The van der Waals surface area contributed by atoms with Gasteiger partial charge in [-0.2, -0.15) is 5.10 Å². The summed E-state index contributed by atoms with van der Waals surface area (Å²) in [6.45, 7) is -0.125. The lowest BCUT2D eigenvalue weighted by atomic mass is 10.0. The molecule has 0 radical (unpaired) electrons. The Balaban J connectivity index is 1.59. The number of benzene rings is 2. The number of carbonyl (C=O) groups excluding carboxylic acids is 1. The van der Waals surface area contributed by atoms with Crippen LogP contribution in [0.1, 0.15) is 0 Å². The highest BCUT2D eigenvalue weighted by Gasteiger charge is 2.12. The van der Waals surface area contributed by atoms with E-state index in [1.54, 1.807) is 7.05 Å². The van der Waals surface area contributed by atoms with Crippen LogP contribution in [0.25, 0.3) is 22.2 Å². The maximum atomic E-state index is 12.5. The summed E-state index contributed by atoms with van der Waals surface area (Å²) in [4.78, 5) is 29.3. The summed E-state index contributed by atoms with van der Waals surface area (Å²) >= 11 is 0. The number of hydrogen-bond acceptors (Lipinski definition) is 4. The van der Waals surface area contributed by atoms with Crippen LogP contribution < -0.4 is 10.9 Å². The number of para-hydroxylation sites is 1. The number of carbonyl (C=O) groups is 1. The van der Waals surface area contributed by atoms with Gasteiger partial charge in [-0.3, -0.25) is 18.8 Å². The van der Waals surface area contributed by atoms with Crippen molar-refractivity contribution < 1.29 is 4.79 Å². The molecule has 0 spiro atoms. The van der Waals surface area contributed by atoms with Crippen LogP contribution in [0.4, 0.5) is 5.69 Å². The van der Waals surface area contributed by atoms with Crippen molar-refractivity contribution in [2.45, 2.75) is 6.54 Å². The number of hydrogen-bond donors (Lipinski definition) is 1. The molecule has 4 rings (SSSR count). The molecule has 1 N–H and O–H groups in total. The lowest BCUT2D eigenvalue weighted by molar-refractivity contribution is -0.116. The summed E-state index contributed by atoms with van der Waals surface area (Å²) < 4.78 is 2.81. The van der Waals surface area contributed by atoms with Crippen LogP contribution >= 0.6 is 0 Å². The molecule has 27 heavy (non-hydrogen) atoms. The summed E-state index contributed by atoms with van der Waals surface area (Å²) in [6.07, 6.45) is 2.83. The first-order chi connectivity index (χ1) is 13.1. The van der Waals surface area contributed by atoms with Gasteiger partial charge in [-0.05, 0) is 11.6 Å². The molecule has 0 aliphatic rings. The molecule has 0 fully saturated rings. The monoisotopic (exact) mass is 359 g/mol. The molecule has 4 aromatic rings. The number of rotatable bonds is 4. The quantitative estimate of drug-likeness (QED) is 0.607. The van der Waals surface area contributed by atoms with Crippen LogP contribution in [0.3, 0.4) is 0 Å². The fraction of sp³-hybridized carbons (Fsp3) is 0.100. The van der Waals surface area contributed by atoms with Crippen molar-refractivity contribution in [1.29, 1.82) is 0 Å². The summed E-state index contributed by atoms with van der Waals surface area (Å²) in [7, 11) is 1.71. The van der Waals surface area contributed by atoms with E-state index in [2.05, 4.69) is 15.4 Å². The first kappa shape index (κ1) is 16.7. The van der Waals surface area contributed by atoms with Crippen LogP contribution in [0.5, 0.6) is 0 Å². The smallest absolute Gasteiger partial charge is 0.264 e. The van der Waals surface area contributed by atoms with Crippen molar-refractivity contribution in [2.24, 2.45) is 7.05 Å². The van der Waals surface area contributed by atoms with Crippen molar-refractivity contribution in [3.8, 4) is 11.1 Å². The van der Waals surface area contributed by atoms with Gasteiger partial charge in [0.15, 0.2) is 5.65 Å². The molecule has 0 aliphatic carbocycles. The van der Waals surface area contributed by atoms with E-state index in [9.17, 15) is 9.59 Å². The van der Waals surface area contributed by atoms with Crippen LogP contribution in [-0.2, 0) is 18.4 Å². The zero-order chi connectivity index (χ0) is 18.8. The third-order valence-corrected chi connectivity index (χ3v) is 4.32. The van der Waals surface area contributed by atoms with Crippen LogP contribution in [-0.4, -0.2) is 25.2 Å². The zero-order valence-electron chi connectivity index (χ0n) is 14.7. The van der Waals surface area contributed by atoms with E-state index in [0.717, 1.165) is 11.1 Å². The molecule has 2 heterocycles. The second-order valence-electron chi connectivity index (χ2n) is 6.14. The van der Waals surface area contributed by atoms with Gasteiger partial charge in [0.25, 0.3) is 5.56 Å². The van der Waals surface area contributed by atoms with Crippen LogP contribution in [0, 0.1) is 0 Å². The normalized spacial score (nSPS) is 10.9. The van der Waals surface area contributed by atoms with Crippen molar-refractivity contribution in [2.75, 3.05) is 5.32 Å². The first-order valence-corrected chi connectivity index (χ1v) is 8.45. The fourth-order valence-corrected chi connectivity index (χ4v) is 2.99. The number of anilines is 1. The zero-order valence-corrected chi connectivity index (χ0v) is 14.7. The Hall–Kier alpha value is -3.74. The third kappa shape index (κ3) is 3.22. The van der Waals surface area contributed by atoms with Gasteiger partial charge in [-0.15, -0.1) is 0 Å². The molecule has 0 bridgehead atoms. The van der Waals surface area contributed by atoms with Gasteiger partial charge in [0.1, 0.15) is 18.3 Å². The second-order valence-corrected chi connectivity index (χ2v) is 6.14. The van der Waals surface area contributed by atoms with Gasteiger partial charge in [-0.25, -0.2) is 4.98 Å². The second kappa shape index (κ2) is 6.87. The molecular formula is C20H17N5O2. The summed E-state index contributed by atoms with van der Waals surface area (Å²) in [6, 6.07) is 17.4. The summed E-state index contributed by atoms with van der Waals surface area (Å²) in [5, 5.41) is 7.31. The maximum absolute atomic E-state index is 12.5. The number of nitrogens with zero attached hydrogens (tertiary/aromatic N) is 4. The number of aromatic nitrogens is 4. The van der Waals surface area contributed by atoms with Crippen molar-refractivity contribution in [3.05, 3.63) is 77.5 Å². The van der Waals surface area contributed by atoms with Crippen LogP contribution in [0.2, 0.25) is 0 Å². The van der Waals surface area contributed by atoms with Crippen LogP contribution in [0.15, 0.2) is 71.9 Å². The lowest BCUT2D eigenvalue weighted by Gasteiger charge is -2.12. The minimum Gasteiger partial charge on any atom is -0.324 e. The summed E-state index contributed by atoms with van der Waals surface area (Å²) in [5.74, 6) is -0.300. The van der Waals surface area contributed by atoms with E-state index in [0.29, 0.717) is 16.7 Å². The molecule has 0 atom stereocenters. The van der Waals surface area contributed by atoms with Crippen molar-refractivity contribution in [1.82, 2.24) is 19.3 Å². The van der Waals surface area contributed by atoms with E-state index in [1.165, 1.54) is 21.8 Å². The maximum Gasteiger partial charge on any atom is 0.264 e. The Labute approximate surface area is 154 Å². The average Bonchev–Trinajstić information content (AvgIpc) is 3.07. The molecule has 0 unspecified atom stereocenters. The Kier molecular flexibility index (Phi) is 4.25. The van der Waals surface area contributed by atoms with Gasteiger partial charge < -0.3 is 5.32 Å². The van der Waals surface area contributed by atoms with Gasteiger partial charge in [-0.1, -0.05) is 48.5 Å². The van der Waals surface area contributed by atoms with E-state index in [1.807, 2.05) is 54.6 Å².